The molecule has 1 heterocycles. The van der Waals surface area contributed by atoms with Crippen molar-refractivity contribution in [3.05, 3.63) is 0 Å². The van der Waals surface area contributed by atoms with E-state index in [1.165, 1.54) is 25.7 Å². The molecule has 21 heavy (non-hydrogen) atoms. The summed E-state index contributed by atoms with van der Waals surface area (Å²) in [6, 6.07) is 0. The number of nitrogens with zero attached hydrogens (tertiary/aromatic N) is 1. The first-order valence-electron chi connectivity index (χ1n) is 7.95. The molecule has 1 spiro atoms. The summed E-state index contributed by atoms with van der Waals surface area (Å²) < 4.78 is 12.1. The molecule has 0 aromatic heterocycles. The van der Waals surface area contributed by atoms with Gasteiger partial charge in [0.1, 0.15) is 6.10 Å². The topological polar surface area (TPSA) is 68.9 Å². The van der Waals surface area contributed by atoms with Gasteiger partial charge in [-0.25, -0.2) is 0 Å². The lowest BCUT2D eigenvalue weighted by Crippen LogP contribution is -2.39. The van der Waals surface area contributed by atoms with Gasteiger partial charge in [0.05, 0.1) is 6.61 Å². The first-order valence-corrected chi connectivity index (χ1v) is 7.95. The van der Waals surface area contributed by atoms with E-state index in [2.05, 4.69) is 24.2 Å². The highest BCUT2D eigenvalue weighted by Crippen LogP contribution is 2.36. The minimum Gasteiger partial charge on any atom is -0.370 e. The van der Waals surface area contributed by atoms with Gasteiger partial charge in [-0.2, -0.15) is 0 Å². The number of nitrogens with two attached hydrogens (primary N) is 1. The van der Waals surface area contributed by atoms with E-state index in [9.17, 15) is 0 Å². The number of halogens is 1. The monoisotopic (exact) mass is 411 g/mol. The van der Waals surface area contributed by atoms with Crippen LogP contribution in [0.2, 0.25) is 0 Å². The zero-order valence-electron chi connectivity index (χ0n) is 13.3. The molecule has 0 aromatic carbocycles. The van der Waals surface area contributed by atoms with Crippen LogP contribution in [0.5, 0.6) is 0 Å². The molecule has 6 heteroatoms. The van der Waals surface area contributed by atoms with Gasteiger partial charge < -0.3 is 20.5 Å². The molecule has 2 rings (SSSR count). The Labute approximate surface area is 145 Å². The number of aliphatic imine (C=N–C) groups is 1. The van der Waals surface area contributed by atoms with Crippen LogP contribution >= 0.6 is 24.0 Å². The molecule has 1 aliphatic carbocycles. The van der Waals surface area contributed by atoms with Crippen molar-refractivity contribution in [1.82, 2.24) is 5.32 Å². The van der Waals surface area contributed by atoms with Crippen molar-refractivity contribution in [2.75, 3.05) is 19.7 Å². The Kier molecular flexibility index (Phi) is 8.26. The first kappa shape index (κ1) is 19.0. The Morgan fingerprint density at radius 3 is 2.57 bits per heavy atom. The van der Waals surface area contributed by atoms with Crippen molar-refractivity contribution in [2.24, 2.45) is 16.6 Å². The normalized spacial score (nSPS) is 25.7. The molecule has 1 atom stereocenters. The second kappa shape index (κ2) is 9.15. The van der Waals surface area contributed by atoms with Crippen molar-refractivity contribution < 1.29 is 9.47 Å². The fourth-order valence-electron chi connectivity index (χ4n) is 2.80. The van der Waals surface area contributed by atoms with Gasteiger partial charge in [-0.05, 0) is 18.8 Å². The second-order valence-corrected chi connectivity index (χ2v) is 6.38. The molecule has 124 valence electrons. The smallest absolute Gasteiger partial charge is 0.188 e. The lowest BCUT2D eigenvalue weighted by Gasteiger charge is -2.26. The van der Waals surface area contributed by atoms with Crippen molar-refractivity contribution in [2.45, 2.75) is 64.3 Å². The molecule has 0 bridgehead atoms. The van der Waals surface area contributed by atoms with E-state index in [0.717, 1.165) is 19.4 Å². The lowest BCUT2D eigenvalue weighted by atomic mass is 10.1. The predicted molar refractivity (Wildman–Crippen MR) is 96.0 cm³/mol. The van der Waals surface area contributed by atoms with Gasteiger partial charge >= 0.3 is 0 Å². The lowest BCUT2D eigenvalue weighted by molar-refractivity contribution is -0.175. The molecule has 0 aromatic rings. The van der Waals surface area contributed by atoms with E-state index in [1.54, 1.807) is 0 Å². The Morgan fingerprint density at radius 2 is 1.95 bits per heavy atom. The van der Waals surface area contributed by atoms with Crippen LogP contribution in [0.4, 0.5) is 0 Å². The summed E-state index contributed by atoms with van der Waals surface area (Å²) >= 11 is 0. The molecule has 2 aliphatic rings. The number of rotatable bonds is 4. The van der Waals surface area contributed by atoms with Crippen molar-refractivity contribution in [3.63, 3.8) is 0 Å². The van der Waals surface area contributed by atoms with Crippen LogP contribution in [-0.4, -0.2) is 37.5 Å². The summed E-state index contributed by atoms with van der Waals surface area (Å²) in [6.07, 6.45) is 7.15. The predicted octanol–water partition coefficient (Wildman–Crippen LogP) is 2.63. The summed E-state index contributed by atoms with van der Waals surface area (Å²) in [4.78, 5) is 4.29. The van der Waals surface area contributed by atoms with Gasteiger partial charge in [0, 0.05) is 25.9 Å². The zero-order chi connectivity index (χ0) is 14.4. The summed E-state index contributed by atoms with van der Waals surface area (Å²) in [5, 5.41) is 3.14. The van der Waals surface area contributed by atoms with Crippen LogP contribution < -0.4 is 11.1 Å². The second-order valence-electron chi connectivity index (χ2n) is 6.38. The molecule has 2 fully saturated rings. The fraction of sp³-hybridized carbons (Fsp3) is 0.933. The molecule has 1 saturated heterocycles. The number of hydrogen-bond acceptors (Lipinski definition) is 3. The van der Waals surface area contributed by atoms with Crippen molar-refractivity contribution in [1.29, 1.82) is 0 Å². The van der Waals surface area contributed by atoms with E-state index in [4.69, 9.17) is 15.2 Å². The van der Waals surface area contributed by atoms with Gasteiger partial charge in [-0.3, -0.25) is 4.99 Å². The molecule has 0 radical (unpaired) electrons. The summed E-state index contributed by atoms with van der Waals surface area (Å²) in [7, 11) is 0. The van der Waals surface area contributed by atoms with Gasteiger partial charge in [0.2, 0.25) is 0 Å². The standard InChI is InChI=1S/C15H29N3O2.HI/c1-12(2)9-17-14(16)18-10-13-11-19-15(20-13)7-5-3-4-6-8-15;/h12-13H,3-11H2,1-2H3,(H3,16,17,18);1H. The highest BCUT2D eigenvalue weighted by Gasteiger charge is 2.41. The Balaban J connectivity index is 0.00000220. The average Bonchev–Trinajstić information content (AvgIpc) is 2.66. The SMILES string of the molecule is CC(C)CN=C(N)NCC1COC2(CCCCCC2)O1.I. The molecular formula is C15H30IN3O2. The van der Waals surface area contributed by atoms with Crippen LogP contribution in [0.1, 0.15) is 52.4 Å². The summed E-state index contributed by atoms with van der Waals surface area (Å²) in [6.45, 7) is 6.34. The van der Waals surface area contributed by atoms with E-state index >= 15 is 0 Å². The maximum absolute atomic E-state index is 6.15. The third kappa shape index (κ3) is 6.28. The quantitative estimate of drug-likeness (QED) is 0.424. The van der Waals surface area contributed by atoms with Crippen LogP contribution in [-0.2, 0) is 9.47 Å². The minimum absolute atomic E-state index is 0. The van der Waals surface area contributed by atoms with Crippen LogP contribution in [0.15, 0.2) is 4.99 Å². The van der Waals surface area contributed by atoms with E-state index < -0.39 is 0 Å². The van der Waals surface area contributed by atoms with Crippen LogP contribution in [0.25, 0.3) is 0 Å². The molecule has 3 N–H and O–H groups in total. The van der Waals surface area contributed by atoms with E-state index in [-0.39, 0.29) is 35.9 Å². The summed E-state index contributed by atoms with van der Waals surface area (Å²) in [5.41, 5.74) is 5.84. The van der Waals surface area contributed by atoms with Crippen LogP contribution in [0, 0.1) is 5.92 Å². The maximum atomic E-state index is 6.15. The van der Waals surface area contributed by atoms with E-state index in [0.29, 0.717) is 25.0 Å². The van der Waals surface area contributed by atoms with Crippen molar-refractivity contribution >= 4 is 29.9 Å². The zero-order valence-corrected chi connectivity index (χ0v) is 15.6. The third-order valence-corrected chi connectivity index (χ3v) is 3.92. The van der Waals surface area contributed by atoms with E-state index in [1.807, 2.05) is 0 Å². The Hall–Kier alpha value is -0.0800. The molecular weight excluding hydrogens is 381 g/mol. The number of nitrogens with one attached hydrogen (secondary N) is 1. The minimum atomic E-state index is -0.313. The highest BCUT2D eigenvalue weighted by molar-refractivity contribution is 14.0. The molecule has 1 saturated carbocycles. The molecule has 1 aliphatic heterocycles. The average molecular weight is 411 g/mol. The first-order chi connectivity index (χ1) is 9.60. The highest BCUT2D eigenvalue weighted by atomic mass is 127. The van der Waals surface area contributed by atoms with Gasteiger partial charge in [-0.1, -0.05) is 26.7 Å². The summed E-state index contributed by atoms with van der Waals surface area (Å²) in [5.74, 6) is 0.715. The Bertz CT molecular complexity index is 329. The van der Waals surface area contributed by atoms with Crippen LogP contribution in [0.3, 0.4) is 0 Å². The number of ether oxygens (including phenoxy) is 2. The Morgan fingerprint density at radius 1 is 1.29 bits per heavy atom. The molecule has 1 unspecified atom stereocenters. The molecule has 0 amide bonds. The van der Waals surface area contributed by atoms with Crippen molar-refractivity contribution in [3.8, 4) is 0 Å². The van der Waals surface area contributed by atoms with Gasteiger partial charge in [0.25, 0.3) is 0 Å². The maximum Gasteiger partial charge on any atom is 0.188 e. The fourth-order valence-corrected chi connectivity index (χ4v) is 2.80. The number of hydrogen-bond donors (Lipinski definition) is 2. The third-order valence-electron chi connectivity index (χ3n) is 3.92. The largest absolute Gasteiger partial charge is 0.370 e. The number of guanidine groups is 1. The molecule has 5 nitrogen and oxygen atoms in total. The van der Waals surface area contributed by atoms with Gasteiger partial charge in [-0.15, -0.1) is 24.0 Å². The van der Waals surface area contributed by atoms with Gasteiger partial charge in [0.15, 0.2) is 11.7 Å².